The molecule has 2 aromatic carbocycles. The van der Waals surface area contributed by atoms with E-state index >= 15 is 0 Å². The maximum atomic E-state index is 12.7. The number of carbonyl (C=O) groups is 1. The predicted molar refractivity (Wildman–Crippen MR) is 113 cm³/mol. The zero-order valence-electron chi connectivity index (χ0n) is 16.9. The summed E-state index contributed by atoms with van der Waals surface area (Å²) in [5, 5.41) is 2.99. The molecule has 8 heteroatoms. The molecule has 0 aromatic heterocycles. The number of benzene rings is 2. The largest absolute Gasteiger partial charge is 0.336 e. The highest BCUT2D eigenvalue weighted by atomic mass is 32.2. The quantitative estimate of drug-likeness (QED) is 0.782. The Labute approximate surface area is 173 Å². The van der Waals surface area contributed by atoms with Crippen molar-refractivity contribution in [3.05, 3.63) is 66.2 Å². The van der Waals surface area contributed by atoms with Crippen LogP contribution in [0.5, 0.6) is 0 Å². The third-order valence-electron chi connectivity index (χ3n) is 5.16. The SMILES string of the molecule is CN(C)C(CNC(=O)N1CCN(S(=O)(=O)c2ccccc2)CC1)c1ccccc1. The van der Waals surface area contributed by atoms with Gasteiger partial charge in [-0.05, 0) is 31.8 Å². The maximum Gasteiger partial charge on any atom is 0.317 e. The van der Waals surface area contributed by atoms with E-state index in [-0.39, 0.29) is 17.0 Å². The number of hydrogen-bond donors (Lipinski definition) is 1. The van der Waals surface area contributed by atoms with Crippen LogP contribution in [-0.4, -0.2) is 75.4 Å². The number of rotatable bonds is 6. The van der Waals surface area contributed by atoms with Gasteiger partial charge in [0.2, 0.25) is 10.0 Å². The van der Waals surface area contributed by atoms with Crippen molar-refractivity contribution in [3.8, 4) is 0 Å². The second-order valence-corrected chi connectivity index (χ2v) is 9.22. The fraction of sp³-hybridized carbons (Fsp3) is 0.381. The molecule has 2 aromatic rings. The predicted octanol–water partition coefficient (Wildman–Crippen LogP) is 2.01. The summed E-state index contributed by atoms with van der Waals surface area (Å²) in [4.78, 5) is 16.6. The van der Waals surface area contributed by atoms with Crippen LogP contribution in [0, 0.1) is 0 Å². The molecule has 0 spiro atoms. The third kappa shape index (κ3) is 5.14. The smallest absolute Gasteiger partial charge is 0.317 e. The Morgan fingerprint density at radius 3 is 2.07 bits per heavy atom. The number of amides is 2. The van der Waals surface area contributed by atoms with Gasteiger partial charge in [0, 0.05) is 32.7 Å². The van der Waals surface area contributed by atoms with Gasteiger partial charge in [-0.3, -0.25) is 0 Å². The molecule has 1 atom stereocenters. The number of nitrogens with zero attached hydrogens (tertiary/aromatic N) is 3. The first kappa shape index (κ1) is 21.3. The second kappa shape index (κ2) is 9.39. The first-order chi connectivity index (χ1) is 13.9. The molecule has 0 saturated carbocycles. The lowest BCUT2D eigenvalue weighted by Crippen LogP contribution is -2.53. The van der Waals surface area contributed by atoms with Crippen molar-refractivity contribution in [2.75, 3.05) is 46.8 Å². The van der Waals surface area contributed by atoms with Gasteiger partial charge >= 0.3 is 6.03 Å². The number of hydrogen-bond acceptors (Lipinski definition) is 4. The molecule has 2 amide bonds. The molecule has 1 fully saturated rings. The van der Waals surface area contributed by atoms with Gasteiger partial charge in [-0.1, -0.05) is 48.5 Å². The number of sulfonamides is 1. The molecule has 1 unspecified atom stereocenters. The minimum absolute atomic E-state index is 0.0693. The van der Waals surface area contributed by atoms with E-state index in [1.54, 1.807) is 35.2 Å². The van der Waals surface area contributed by atoms with Crippen LogP contribution in [-0.2, 0) is 10.0 Å². The summed E-state index contributed by atoms with van der Waals surface area (Å²) >= 11 is 0. The van der Waals surface area contributed by atoms with Crippen molar-refractivity contribution >= 4 is 16.1 Å². The van der Waals surface area contributed by atoms with Gasteiger partial charge in [0.05, 0.1) is 10.9 Å². The standard InChI is InChI=1S/C21H28N4O3S/c1-23(2)20(18-9-5-3-6-10-18)17-22-21(26)24-13-15-25(16-14-24)29(27,28)19-11-7-4-8-12-19/h3-12,20H,13-17H2,1-2H3,(H,22,26). The van der Waals surface area contributed by atoms with Gasteiger partial charge in [-0.15, -0.1) is 0 Å². The Morgan fingerprint density at radius 1 is 0.966 bits per heavy atom. The van der Waals surface area contributed by atoms with Crippen LogP contribution in [0.3, 0.4) is 0 Å². The minimum atomic E-state index is -3.52. The Balaban J connectivity index is 1.55. The van der Waals surface area contributed by atoms with Crippen LogP contribution in [0.4, 0.5) is 4.79 Å². The Bertz CT molecular complexity index is 896. The average molecular weight is 417 g/mol. The zero-order valence-corrected chi connectivity index (χ0v) is 17.7. The lowest BCUT2D eigenvalue weighted by atomic mass is 10.1. The first-order valence-corrected chi connectivity index (χ1v) is 11.1. The van der Waals surface area contributed by atoms with Crippen LogP contribution < -0.4 is 5.32 Å². The highest BCUT2D eigenvalue weighted by Crippen LogP contribution is 2.18. The van der Waals surface area contributed by atoms with Gasteiger partial charge in [-0.2, -0.15) is 4.31 Å². The van der Waals surface area contributed by atoms with Crippen molar-refractivity contribution in [1.82, 2.24) is 19.4 Å². The summed E-state index contributed by atoms with van der Waals surface area (Å²) in [6, 6.07) is 18.3. The molecule has 1 aliphatic heterocycles. The van der Waals surface area contributed by atoms with E-state index in [4.69, 9.17) is 0 Å². The van der Waals surface area contributed by atoms with E-state index in [0.29, 0.717) is 32.7 Å². The minimum Gasteiger partial charge on any atom is -0.336 e. The fourth-order valence-electron chi connectivity index (χ4n) is 3.44. The Morgan fingerprint density at radius 2 is 1.52 bits per heavy atom. The second-order valence-electron chi connectivity index (χ2n) is 7.28. The van der Waals surface area contributed by atoms with Crippen molar-refractivity contribution < 1.29 is 13.2 Å². The highest BCUT2D eigenvalue weighted by molar-refractivity contribution is 7.89. The number of likely N-dealkylation sites (N-methyl/N-ethyl adjacent to an activating group) is 1. The number of piperazine rings is 1. The normalized spacial score (nSPS) is 16.6. The molecule has 1 heterocycles. The van der Waals surface area contributed by atoms with Crippen molar-refractivity contribution in [3.63, 3.8) is 0 Å². The monoisotopic (exact) mass is 416 g/mol. The zero-order chi connectivity index (χ0) is 20.9. The van der Waals surface area contributed by atoms with Crippen molar-refractivity contribution in [2.24, 2.45) is 0 Å². The van der Waals surface area contributed by atoms with Crippen LogP contribution in [0.1, 0.15) is 11.6 Å². The number of carbonyl (C=O) groups excluding carboxylic acids is 1. The van der Waals surface area contributed by atoms with Gasteiger partial charge in [0.1, 0.15) is 0 Å². The molecule has 3 rings (SSSR count). The van der Waals surface area contributed by atoms with Gasteiger partial charge in [0.25, 0.3) is 0 Å². The first-order valence-electron chi connectivity index (χ1n) is 9.69. The lowest BCUT2D eigenvalue weighted by molar-refractivity contribution is 0.168. The number of urea groups is 1. The molecule has 7 nitrogen and oxygen atoms in total. The fourth-order valence-corrected chi connectivity index (χ4v) is 4.89. The van der Waals surface area contributed by atoms with Gasteiger partial charge in [-0.25, -0.2) is 13.2 Å². The molecule has 0 radical (unpaired) electrons. The van der Waals surface area contributed by atoms with Crippen LogP contribution in [0.15, 0.2) is 65.6 Å². The molecular formula is C21H28N4O3S. The Kier molecular flexibility index (Phi) is 6.89. The molecule has 1 aliphatic rings. The summed E-state index contributed by atoms with van der Waals surface area (Å²) < 4.78 is 26.9. The summed E-state index contributed by atoms with van der Waals surface area (Å²) in [5.41, 5.74) is 1.14. The molecule has 0 bridgehead atoms. The van der Waals surface area contributed by atoms with E-state index in [2.05, 4.69) is 10.2 Å². The van der Waals surface area contributed by atoms with E-state index < -0.39 is 10.0 Å². The van der Waals surface area contributed by atoms with Crippen LogP contribution in [0.25, 0.3) is 0 Å². The van der Waals surface area contributed by atoms with Gasteiger partial charge in [0.15, 0.2) is 0 Å². The number of nitrogens with one attached hydrogen (secondary N) is 1. The van der Waals surface area contributed by atoms with Crippen molar-refractivity contribution in [2.45, 2.75) is 10.9 Å². The summed E-state index contributed by atoms with van der Waals surface area (Å²) in [6.07, 6.45) is 0. The molecule has 29 heavy (non-hydrogen) atoms. The summed E-state index contributed by atoms with van der Waals surface area (Å²) in [6.45, 7) is 1.81. The van der Waals surface area contributed by atoms with E-state index in [1.165, 1.54) is 4.31 Å². The third-order valence-corrected chi connectivity index (χ3v) is 7.07. The highest BCUT2D eigenvalue weighted by Gasteiger charge is 2.30. The maximum absolute atomic E-state index is 12.7. The molecule has 1 saturated heterocycles. The average Bonchev–Trinajstić information content (AvgIpc) is 2.75. The van der Waals surface area contributed by atoms with Crippen LogP contribution in [0.2, 0.25) is 0 Å². The van der Waals surface area contributed by atoms with Crippen LogP contribution >= 0.6 is 0 Å². The molecule has 0 aliphatic carbocycles. The Hall–Kier alpha value is -2.42. The molecule has 1 N–H and O–H groups in total. The summed E-state index contributed by atoms with van der Waals surface area (Å²) in [7, 11) is 0.450. The van der Waals surface area contributed by atoms with E-state index in [0.717, 1.165) is 5.56 Å². The van der Waals surface area contributed by atoms with E-state index in [9.17, 15) is 13.2 Å². The summed E-state index contributed by atoms with van der Waals surface area (Å²) in [5.74, 6) is 0. The van der Waals surface area contributed by atoms with Gasteiger partial charge < -0.3 is 15.1 Å². The lowest BCUT2D eigenvalue weighted by Gasteiger charge is -2.34. The van der Waals surface area contributed by atoms with Crippen molar-refractivity contribution in [1.29, 1.82) is 0 Å². The van der Waals surface area contributed by atoms with E-state index in [1.807, 2.05) is 44.4 Å². The molecule has 156 valence electrons. The molecular weight excluding hydrogens is 388 g/mol. The topological polar surface area (TPSA) is 73.0 Å².